The van der Waals surface area contributed by atoms with E-state index in [9.17, 15) is 9.90 Å². The first-order valence-electron chi connectivity index (χ1n) is 7.78. The molecular formula is C20H14N2O3. The van der Waals surface area contributed by atoms with Gasteiger partial charge in [-0.3, -0.25) is 4.79 Å². The first-order chi connectivity index (χ1) is 12.1. The maximum atomic E-state index is 12.3. The molecule has 0 bridgehead atoms. The second-order valence-electron chi connectivity index (χ2n) is 5.80. The van der Waals surface area contributed by atoms with Crippen molar-refractivity contribution < 1.29 is 14.3 Å². The summed E-state index contributed by atoms with van der Waals surface area (Å²) >= 11 is 0. The summed E-state index contributed by atoms with van der Waals surface area (Å²) in [4.78, 5) is 20.6. The molecule has 0 aliphatic carbocycles. The molecule has 5 nitrogen and oxygen atoms in total. The molecule has 25 heavy (non-hydrogen) atoms. The number of amides is 1. The second kappa shape index (κ2) is 5.87. The van der Waals surface area contributed by atoms with Gasteiger partial charge in [0.25, 0.3) is 5.91 Å². The van der Waals surface area contributed by atoms with Gasteiger partial charge in [0.05, 0.1) is 5.36 Å². The smallest absolute Gasteiger partial charge is 0.310 e. The second-order valence-corrected chi connectivity index (χ2v) is 5.80. The van der Waals surface area contributed by atoms with E-state index in [4.69, 9.17) is 4.42 Å². The fourth-order valence-electron chi connectivity index (χ4n) is 2.65. The number of oxazole rings is 1. The topological polar surface area (TPSA) is 75.7 Å². The van der Waals surface area contributed by atoms with Gasteiger partial charge in [-0.2, -0.15) is 0 Å². The molecule has 5 heteroatoms. The minimum Gasteiger partial charge on any atom is -0.479 e. The van der Waals surface area contributed by atoms with Crippen LogP contribution in [-0.2, 0) is 4.79 Å². The highest BCUT2D eigenvalue weighted by Gasteiger charge is 2.16. The van der Waals surface area contributed by atoms with Crippen LogP contribution < -0.4 is 10.6 Å². The molecule has 2 heterocycles. The van der Waals surface area contributed by atoms with E-state index >= 15 is 0 Å². The molecule has 0 spiro atoms. The number of nitrogens with zero attached hydrogens (tertiary/aromatic N) is 2. The lowest BCUT2D eigenvalue weighted by molar-refractivity contribution is -0.114. The lowest BCUT2D eigenvalue weighted by Crippen LogP contribution is -2.30. The minimum atomic E-state index is -0.373. The predicted molar refractivity (Wildman–Crippen MR) is 93.0 cm³/mol. The van der Waals surface area contributed by atoms with E-state index in [1.54, 1.807) is 6.08 Å². The SMILES string of the molecule is Cc1ccc2c(c1)=NC(=O)/C(=C\c1nc(-c3ccccc3)oc1O)C=2. The van der Waals surface area contributed by atoms with E-state index in [2.05, 4.69) is 9.98 Å². The molecule has 1 aromatic heterocycles. The third-order valence-electron chi connectivity index (χ3n) is 3.91. The number of rotatable bonds is 2. The van der Waals surface area contributed by atoms with Gasteiger partial charge in [-0.05, 0) is 42.8 Å². The maximum absolute atomic E-state index is 12.3. The standard InChI is InChI=1S/C20H14N2O3/c1-12-7-8-14-10-15(18(23)21-16(14)9-12)11-17-20(24)25-19(22-17)13-5-3-2-4-6-13/h2-11,24H,1H3/b15-11-. The number of hydrogen-bond acceptors (Lipinski definition) is 4. The minimum absolute atomic E-state index is 0.198. The van der Waals surface area contributed by atoms with Crippen LogP contribution in [0, 0.1) is 6.92 Å². The number of aryl methyl sites for hydroxylation is 1. The van der Waals surface area contributed by atoms with E-state index in [0.717, 1.165) is 16.3 Å². The summed E-state index contributed by atoms with van der Waals surface area (Å²) < 4.78 is 5.31. The van der Waals surface area contributed by atoms with E-state index in [0.29, 0.717) is 16.8 Å². The van der Waals surface area contributed by atoms with Crippen LogP contribution in [-0.4, -0.2) is 16.0 Å². The van der Waals surface area contributed by atoms with Crippen molar-refractivity contribution in [3.63, 3.8) is 0 Å². The van der Waals surface area contributed by atoms with Crippen molar-refractivity contribution in [1.82, 2.24) is 4.98 Å². The lowest BCUT2D eigenvalue weighted by atomic mass is 10.1. The van der Waals surface area contributed by atoms with Crippen LogP contribution >= 0.6 is 0 Å². The first-order valence-corrected chi connectivity index (χ1v) is 7.78. The third-order valence-corrected chi connectivity index (χ3v) is 3.91. The Bertz CT molecular complexity index is 1130. The van der Waals surface area contributed by atoms with Crippen molar-refractivity contribution in [1.29, 1.82) is 0 Å². The normalized spacial score (nSPS) is 14.8. The van der Waals surface area contributed by atoms with E-state index in [1.165, 1.54) is 6.08 Å². The number of aromatic hydroxyl groups is 1. The van der Waals surface area contributed by atoms with E-state index in [1.807, 2.05) is 55.5 Å². The highest BCUT2D eigenvalue weighted by atomic mass is 16.5. The molecule has 4 rings (SSSR count). The number of carbonyl (C=O) groups is 1. The number of fused-ring (bicyclic) bond motifs is 1. The molecular weight excluding hydrogens is 316 g/mol. The molecule has 0 saturated heterocycles. The molecule has 0 saturated carbocycles. The number of benzene rings is 2. The van der Waals surface area contributed by atoms with Gasteiger partial charge in [-0.25, -0.2) is 9.98 Å². The van der Waals surface area contributed by atoms with Crippen LogP contribution in [0.5, 0.6) is 5.95 Å². The Labute approximate surface area is 143 Å². The third kappa shape index (κ3) is 2.87. The zero-order valence-corrected chi connectivity index (χ0v) is 13.4. The molecule has 1 N–H and O–H groups in total. The Kier molecular flexibility index (Phi) is 3.54. The quantitative estimate of drug-likeness (QED) is 0.732. The monoisotopic (exact) mass is 330 g/mol. The number of carbonyl (C=O) groups excluding carboxylic acids is 1. The van der Waals surface area contributed by atoms with Crippen molar-refractivity contribution in [2.24, 2.45) is 4.99 Å². The van der Waals surface area contributed by atoms with Gasteiger partial charge < -0.3 is 9.52 Å². The van der Waals surface area contributed by atoms with Crippen LogP contribution in [0.1, 0.15) is 11.3 Å². The molecule has 0 fully saturated rings. The molecule has 122 valence electrons. The average molecular weight is 330 g/mol. The van der Waals surface area contributed by atoms with Crippen molar-refractivity contribution >= 4 is 18.1 Å². The summed E-state index contributed by atoms with van der Waals surface area (Å²) in [7, 11) is 0. The van der Waals surface area contributed by atoms with Crippen LogP contribution in [0.15, 0.2) is 63.5 Å². The molecule has 1 aliphatic rings. The van der Waals surface area contributed by atoms with Crippen LogP contribution in [0.4, 0.5) is 0 Å². The van der Waals surface area contributed by atoms with E-state index in [-0.39, 0.29) is 17.5 Å². The first kappa shape index (κ1) is 15.1. The van der Waals surface area contributed by atoms with Crippen molar-refractivity contribution in [2.45, 2.75) is 6.92 Å². The van der Waals surface area contributed by atoms with Gasteiger partial charge in [0.15, 0.2) is 0 Å². The molecule has 0 atom stereocenters. The van der Waals surface area contributed by atoms with Crippen molar-refractivity contribution in [2.75, 3.05) is 0 Å². The van der Waals surface area contributed by atoms with Crippen LogP contribution in [0.2, 0.25) is 0 Å². The molecule has 0 radical (unpaired) electrons. The highest BCUT2D eigenvalue weighted by molar-refractivity contribution is 6.07. The maximum Gasteiger partial charge on any atom is 0.310 e. The molecule has 2 aromatic carbocycles. The lowest BCUT2D eigenvalue weighted by Gasteiger charge is -2.03. The van der Waals surface area contributed by atoms with Crippen LogP contribution in [0.25, 0.3) is 23.6 Å². The summed E-state index contributed by atoms with van der Waals surface area (Å²) in [6.45, 7) is 1.95. The molecule has 0 unspecified atom stereocenters. The summed E-state index contributed by atoms with van der Waals surface area (Å²) in [5.74, 6) is -0.412. The highest BCUT2D eigenvalue weighted by Crippen LogP contribution is 2.28. The van der Waals surface area contributed by atoms with Gasteiger partial charge in [0.2, 0.25) is 5.89 Å². The number of aromatic nitrogens is 1. The predicted octanol–water partition coefficient (Wildman–Crippen LogP) is 2.38. The average Bonchev–Trinajstić information content (AvgIpc) is 2.97. The Morgan fingerprint density at radius 2 is 1.92 bits per heavy atom. The fourth-order valence-corrected chi connectivity index (χ4v) is 2.65. The van der Waals surface area contributed by atoms with Gasteiger partial charge in [-0.15, -0.1) is 0 Å². The van der Waals surface area contributed by atoms with E-state index < -0.39 is 0 Å². The molecule has 3 aromatic rings. The molecule has 1 aliphatic heterocycles. The summed E-state index contributed by atoms with van der Waals surface area (Å²) in [5.41, 5.74) is 2.33. The van der Waals surface area contributed by atoms with Crippen LogP contribution in [0.3, 0.4) is 0 Å². The Hall–Kier alpha value is -3.47. The largest absolute Gasteiger partial charge is 0.479 e. The van der Waals surface area contributed by atoms with Gasteiger partial charge >= 0.3 is 5.95 Å². The van der Waals surface area contributed by atoms with Gasteiger partial charge in [0.1, 0.15) is 5.69 Å². The van der Waals surface area contributed by atoms with Gasteiger partial charge in [-0.1, -0.05) is 30.3 Å². The number of hydrogen-bond donors (Lipinski definition) is 1. The summed E-state index contributed by atoms with van der Waals surface area (Å²) in [6.07, 6.45) is 3.22. The molecule has 1 amide bonds. The van der Waals surface area contributed by atoms with Gasteiger partial charge in [0, 0.05) is 16.4 Å². The Morgan fingerprint density at radius 1 is 1.12 bits per heavy atom. The zero-order valence-electron chi connectivity index (χ0n) is 13.4. The summed E-state index contributed by atoms with van der Waals surface area (Å²) in [6, 6.07) is 15.0. The summed E-state index contributed by atoms with van der Waals surface area (Å²) in [5, 5.41) is 11.5. The van der Waals surface area contributed by atoms with Crippen molar-refractivity contribution in [3.05, 3.63) is 75.9 Å². The zero-order chi connectivity index (χ0) is 17.4. The fraction of sp³-hybridized carbons (Fsp3) is 0.0500. The van der Waals surface area contributed by atoms with Crippen molar-refractivity contribution in [3.8, 4) is 17.4 Å². The Balaban J connectivity index is 1.78. The Morgan fingerprint density at radius 3 is 2.72 bits per heavy atom.